The second-order valence-electron chi connectivity index (χ2n) is 10.2. The first-order valence-electron chi connectivity index (χ1n) is 11.7. The first-order chi connectivity index (χ1) is 15.3. The van der Waals surface area contributed by atoms with Crippen LogP contribution in [0.1, 0.15) is 72.8 Å². The SMILES string of the molecule is Cc1noc(C)c1COc1ccccc1C(=O)OC(C)C(=O)C12CC3CC(CC(C3)C1)C2. The molecule has 0 spiro atoms. The van der Waals surface area contributed by atoms with Gasteiger partial charge < -0.3 is 14.0 Å². The van der Waals surface area contributed by atoms with Gasteiger partial charge in [-0.1, -0.05) is 17.3 Å². The van der Waals surface area contributed by atoms with Gasteiger partial charge in [-0.3, -0.25) is 4.79 Å². The molecule has 1 unspecified atom stereocenters. The lowest BCUT2D eigenvalue weighted by Gasteiger charge is -2.56. The molecule has 6 nitrogen and oxygen atoms in total. The number of rotatable bonds is 7. The zero-order valence-electron chi connectivity index (χ0n) is 19.1. The first-order valence-corrected chi connectivity index (χ1v) is 11.7. The van der Waals surface area contributed by atoms with Gasteiger partial charge in [0.1, 0.15) is 23.7 Å². The maximum atomic E-state index is 13.5. The van der Waals surface area contributed by atoms with Gasteiger partial charge >= 0.3 is 5.97 Å². The molecular formula is C26H31NO5. The Bertz CT molecular complexity index is 984. The highest BCUT2D eigenvalue weighted by Gasteiger charge is 2.55. The van der Waals surface area contributed by atoms with Crippen LogP contribution in [0.2, 0.25) is 0 Å². The summed E-state index contributed by atoms with van der Waals surface area (Å²) in [6.45, 7) is 5.66. The molecule has 6 rings (SSSR count). The molecule has 0 aliphatic heterocycles. The Balaban J connectivity index is 1.27. The van der Waals surface area contributed by atoms with Crippen LogP contribution in [0.5, 0.6) is 5.75 Å². The molecule has 32 heavy (non-hydrogen) atoms. The molecule has 170 valence electrons. The summed E-state index contributed by atoms with van der Waals surface area (Å²) in [5.41, 5.74) is 1.66. The van der Waals surface area contributed by atoms with Gasteiger partial charge in [0, 0.05) is 5.41 Å². The Hall–Kier alpha value is -2.63. The third kappa shape index (κ3) is 3.74. The van der Waals surface area contributed by atoms with Crippen LogP contribution in [0.15, 0.2) is 28.8 Å². The molecule has 1 aromatic carbocycles. The van der Waals surface area contributed by atoms with Crippen LogP contribution in [-0.4, -0.2) is 23.0 Å². The topological polar surface area (TPSA) is 78.6 Å². The van der Waals surface area contributed by atoms with Crippen LogP contribution in [-0.2, 0) is 16.1 Å². The minimum absolute atomic E-state index is 0.110. The second kappa shape index (κ2) is 8.05. The Kier molecular flexibility index (Phi) is 5.34. The van der Waals surface area contributed by atoms with Gasteiger partial charge in [0.25, 0.3) is 0 Å². The van der Waals surface area contributed by atoms with Gasteiger partial charge in [0.15, 0.2) is 11.9 Å². The van der Waals surface area contributed by atoms with Crippen LogP contribution in [0, 0.1) is 37.0 Å². The Morgan fingerprint density at radius 3 is 2.31 bits per heavy atom. The highest BCUT2D eigenvalue weighted by Crippen LogP contribution is 2.60. The first kappa shape index (κ1) is 21.2. The van der Waals surface area contributed by atoms with E-state index in [1.165, 1.54) is 19.3 Å². The fourth-order valence-electron chi connectivity index (χ4n) is 6.74. The Morgan fingerprint density at radius 2 is 1.72 bits per heavy atom. The van der Waals surface area contributed by atoms with Crippen molar-refractivity contribution in [3.63, 3.8) is 0 Å². The summed E-state index contributed by atoms with van der Waals surface area (Å²) in [6.07, 6.45) is 5.98. The molecule has 1 heterocycles. The summed E-state index contributed by atoms with van der Waals surface area (Å²) in [5, 5.41) is 3.94. The molecule has 4 saturated carbocycles. The Morgan fingerprint density at radius 1 is 1.09 bits per heavy atom. The Labute approximate surface area is 188 Å². The minimum Gasteiger partial charge on any atom is -0.488 e. The van der Waals surface area contributed by atoms with Crippen LogP contribution < -0.4 is 4.74 Å². The highest BCUT2D eigenvalue weighted by atomic mass is 16.5. The van der Waals surface area contributed by atoms with E-state index >= 15 is 0 Å². The monoisotopic (exact) mass is 437 g/mol. The number of ether oxygens (including phenoxy) is 2. The lowest BCUT2D eigenvalue weighted by atomic mass is 9.48. The van der Waals surface area contributed by atoms with Crippen molar-refractivity contribution >= 4 is 11.8 Å². The average Bonchev–Trinajstić information content (AvgIpc) is 3.08. The molecule has 2 aromatic rings. The average molecular weight is 438 g/mol. The number of esters is 1. The van der Waals surface area contributed by atoms with E-state index in [4.69, 9.17) is 14.0 Å². The number of carbonyl (C=O) groups is 2. The lowest BCUT2D eigenvalue weighted by molar-refractivity contribution is -0.152. The number of Topliss-reactive ketones (excluding diaryl/α,β-unsaturated/α-hetero) is 1. The summed E-state index contributed by atoms with van der Waals surface area (Å²) >= 11 is 0. The number of aromatic nitrogens is 1. The second-order valence-corrected chi connectivity index (χ2v) is 10.2. The largest absolute Gasteiger partial charge is 0.488 e. The standard InChI is InChI=1S/C26H31NO5/c1-15-22(16(2)32-27-15)14-30-23-7-5-4-6-21(23)25(29)31-17(3)24(28)26-11-18-8-19(12-26)10-20(9-18)13-26/h4-7,17-20H,8-14H2,1-3H3. The highest BCUT2D eigenvalue weighted by molar-refractivity contribution is 5.96. The number of nitrogens with zero attached hydrogens (tertiary/aromatic N) is 1. The van der Waals surface area contributed by atoms with E-state index in [1.54, 1.807) is 25.1 Å². The predicted octanol–water partition coefficient (Wildman–Crippen LogP) is 5.20. The molecule has 0 amide bonds. The molecule has 4 bridgehead atoms. The molecular weight excluding hydrogens is 406 g/mol. The van der Waals surface area contributed by atoms with Gasteiger partial charge in [0.2, 0.25) is 0 Å². The van der Waals surface area contributed by atoms with E-state index in [2.05, 4.69) is 5.16 Å². The van der Waals surface area contributed by atoms with E-state index in [1.807, 2.05) is 19.9 Å². The maximum absolute atomic E-state index is 13.5. The maximum Gasteiger partial charge on any atom is 0.342 e. The summed E-state index contributed by atoms with van der Waals surface area (Å²) in [7, 11) is 0. The van der Waals surface area contributed by atoms with E-state index < -0.39 is 12.1 Å². The summed E-state index contributed by atoms with van der Waals surface area (Å²) in [4.78, 5) is 26.5. The molecule has 1 atom stereocenters. The molecule has 4 aliphatic rings. The van der Waals surface area contributed by atoms with Crippen LogP contribution >= 0.6 is 0 Å². The molecule has 0 radical (unpaired) electrons. The van der Waals surface area contributed by atoms with Crippen molar-refractivity contribution in [3.8, 4) is 5.75 Å². The van der Waals surface area contributed by atoms with Crippen LogP contribution in [0.4, 0.5) is 0 Å². The van der Waals surface area contributed by atoms with E-state index in [-0.39, 0.29) is 17.8 Å². The van der Waals surface area contributed by atoms with Crippen molar-refractivity contribution in [1.29, 1.82) is 0 Å². The predicted molar refractivity (Wildman–Crippen MR) is 117 cm³/mol. The van der Waals surface area contributed by atoms with Gasteiger partial charge in [-0.05, 0) is 89.2 Å². The zero-order chi connectivity index (χ0) is 22.5. The van der Waals surface area contributed by atoms with Crippen molar-refractivity contribution in [1.82, 2.24) is 5.16 Å². The fraction of sp³-hybridized carbons (Fsp3) is 0.577. The van der Waals surface area contributed by atoms with Crippen molar-refractivity contribution < 1.29 is 23.6 Å². The van der Waals surface area contributed by atoms with Gasteiger partial charge in [-0.2, -0.15) is 0 Å². The molecule has 4 fully saturated rings. The quantitative estimate of drug-likeness (QED) is 0.554. The van der Waals surface area contributed by atoms with Gasteiger partial charge in [0.05, 0.1) is 11.3 Å². The molecule has 1 aromatic heterocycles. The number of benzene rings is 1. The van der Waals surface area contributed by atoms with E-state index in [9.17, 15) is 9.59 Å². The summed E-state index contributed by atoms with van der Waals surface area (Å²) < 4.78 is 16.8. The lowest BCUT2D eigenvalue weighted by Crippen LogP contribution is -2.52. The summed E-state index contributed by atoms with van der Waals surface area (Å²) in [5.74, 6) is 2.72. The normalized spacial score (nSPS) is 29.0. The molecule has 6 heteroatoms. The smallest absolute Gasteiger partial charge is 0.342 e. The van der Waals surface area contributed by atoms with Crippen molar-refractivity contribution in [3.05, 3.63) is 46.8 Å². The summed E-state index contributed by atoms with van der Waals surface area (Å²) in [6, 6.07) is 6.99. The van der Waals surface area contributed by atoms with Crippen LogP contribution in [0.25, 0.3) is 0 Å². The van der Waals surface area contributed by atoms with E-state index in [0.29, 0.717) is 34.8 Å². The number of para-hydroxylation sites is 1. The van der Waals surface area contributed by atoms with Crippen molar-refractivity contribution in [2.45, 2.75) is 72.0 Å². The number of hydrogen-bond acceptors (Lipinski definition) is 6. The third-order valence-electron chi connectivity index (χ3n) is 7.87. The molecule has 0 N–H and O–H groups in total. The minimum atomic E-state index is -0.755. The zero-order valence-corrected chi connectivity index (χ0v) is 19.1. The molecule has 4 aliphatic carbocycles. The van der Waals surface area contributed by atoms with Crippen molar-refractivity contribution in [2.24, 2.45) is 23.2 Å². The van der Waals surface area contributed by atoms with E-state index in [0.717, 1.165) is 30.5 Å². The number of hydrogen-bond donors (Lipinski definition) is 0. The van der Waals surface area contributed by atoms with Crippen LogP contribution in [0.3, 0.4) is 0 Å². The van der Waals surface area contributed by atoms with Crippen molar-refractivity contribution in [2.75, 3.05) is 0 Å². The third-order valence-corrected chi connectivity index (χ3v) is 7.87. The molecule has 0 saturated heterocycles. The number of ketones is 1. The fourth-order valence-corrected chi connectivity index (χ4v) is 6.74. The number of carbonyl (C=O) groups excluding carboxylic acids is 2. The van der Waals surface area contributed by atoms with Gasteiger partial charge in [-0.15, -0.1) is 0 Å². The van der Waals surface area contributed by atoms with Gasteiger partial charge in [-0.25, -0.2) is 4.79 Å². The number of aryl methyl sites for hydroxylation is 2.